The number of hydrogen-bond acceptors (Lipinski definition) is 4. The van der Waals surface area contributed by atoms with Crippen LogP contribution in [0.1, 0.15) is 19.3 Å². The first-order valence-corrected chi connectivity index (χ1v) is 5.18. The molecule has 0 aromatic heterocycles. The van der Waals surface area contributed by atoms with Crippen molar-refractivity contribution in [3.05, 3.63) is 0 Å². The Hall–Kier alpha value is -0.750. The lowest BCUT2D eigenvalue weighted by molar-refractivity contribution is -0.117. The van der Waals surface area contributed by atoms with Crippen LogP contribution in [-0.4, -0.2) is 30.1 Å². The van der Waals surface area contributed by atoms with E-state index in [4.69, 9.17) is 16.9 Å². The molecule has 82 valence electrons. The van der Waals surface area contributed by atoms with Crippen molar-refractivity contribution in [1.29, 1.82) is 5.41 Å². The zero-order valence-electron chi connectivity index (χ0n) is 8.12. The summed E-state index contributed by atoms with van der Waals surface area (Å²) < 4.78 is 0. The van der Waals surface area contributed by atoms with Crippen molar-refractivity contribution >= 4 is 24.4 Å². The van der Waals surface area contributed by atoms with Gasteiger partial charge in [-0.05, 0) is 19.3 Å². The second-order valence-electron chi connectivity index (χ2n) is 3.07. The molecule has 14 heavy (non-hydrogen) atoms. The number of nitrogens with two attached hydrogens (primary N) is 2. The predicted octanol–water partition coefficient (Wildman–Crippen LogP) is -0.534. The molecule has 1 atom stereocenters. The zero-order chi connectivity index (χ0) is 11.0. The van der Waals surface area contributed by atoms with Gasteiger partial charge >= 0.3 is 0 Å². The maximum absolute atomic E-state index is 11.0. The summed E-state index contributed by atoms with van der Waals surface area (Å²) >= 11 is 3.86. The molecule has 0 aromatic rings. The minimum atomic E-state index is -0.398. The smallest absolute Gasteiger partial charge is 0.185 e. The van der Waals surface area contributed by atoms with Crippen LogP contribution >= 0.6 is 12.6 Å². The summed E-state index contributed by atoms with van der Waals surface area (Å²) in [7, 11) is 0. The lowest BCUT2D eigenvalue weighted by atomic mass is 10.1. The Labute approximate surface area is 89.5 Å². The highest BCUT2D eigenvalue weighted by Crippen LogP contribution is 2.00. The van der Waals surface area contributed by atoms with Crippen LogP contribution in [0.3, 0.4) is 0 Å². The van der Waals surface area contributed by atoms with Gasteiger partial charge in [-0.3, -0.25) is 10.2 Å². The second kappa shape index (κ2) is 7.64. The van der Waals surface area contributed by atoms with Crippen LogP contribution in [0, 0.1) is 5.41 Å². The van der Waals surface area contributed by atoms with Gasteiger partial charge in [0, 0.05) is 6.54 Å². The molecule has 0 aromatic carbocycles. The van der Waals surface area contributed by atoms with Crippen molar-refractivity contribution in [1.82, 2.24) is 5.32 Å². The van der Waals surface area contributed by atoms with Crippen LogP contribution < -0.4 is 16.8 Å². The third kappa shape index (κ3) is 6.73. The molecule has 5 nitrogen and oxygen atoms in total. The van der Waals surface area contributed by atoms with Crippen LogP contribution in [0.25, 0.3) is 0 Å². The van der Waals surface area contributed by atoms with Crippen LogP contribution in [0.5, 0.6) is 0 Å². The Morgan fingerprint density at radius 1 is 1.50 bits per heavy atom. The molecular formula is C8H18N4OS. The summed E-state index contributed by atoms with van der Waals surface area (Å²) in [6, 6.07) is -0.398. The van der Waals surface area contributed by atoms with E-state index in [1.54, 1.807) is 0 Å². The summed E-state index contributed by atoms with van der Waals surface area (Å²) in [6.45, 7) is 0.650. The molecule has 0 bridgehead atoms. The van der Waals surface area contributed by atoms with Crippen molar-refractivity contribution in [3.8, 4) is 0 Å². The van der Waals surface area contributed by atoms with Gasteiger partial charge in [0.2, 0.25) is 0 Å². The first-order chi connectivity index (χ1) is 6.57. The van der Waals surface area contributed by atoms with Crippen molar-refractivity contribution in [2.45, 2.75) is 25.3 Å². The van der Waals surface area contributed by atoms with E-state index >= 15 is 0 Å². The van der Waals surface area contributed by atoms with Crippen molar-refractivity contribution in [2.24, 2.45) is 11.5 Å². The molecule has 0 rings (SSSR count). The Morgan fingerprint density at radius 2 is 2.14 bits per heavy atom. The van der Waals surface area contributed by atoms with Crippen molar-refractivity contribution in [2.75, 3.05) is 12.3 Å². The van der Waals surface area contributed by atoms with E-state index in [1.807, 2.05) is 0 Å². The minimum Gasteiger partial charge on any atom is -0.370 e. The first kappa shape index (κ1) is 13.2. The molecule has 0 amide bonds. The maximum atomic E-state index is 11.0. The number of unbranched alkanes of at least 4 members (excludes halogenated alkanes) is 1. The van der Waals surface area contributed by atoms with Crippen molar-refractivity contribution < 1.29 is 4.79 Å². The number of guanidine groups is 1. The zero-order valence-corrected chi connectivity index (χ0v) is 9.02. The van der Waals surface area contributed by atoms with Crippen LogP contribution in [-0.2, 0) is 4.79 Å². The van der Waals surface area contributed by atoms with Gasteiger partial charge in [-0.1, -0.05) is 0 Å². The predicted molar refractivity (Wildman–Crippen MR) is 60.6 cm³/mol. The Kier molecular flexibility index (Phi) is 7.23. The molecule has 0 spiro atoms. The standard InChI is InChI=1S/C8H18N4OS/c9-6(7(13)5-14)3-1-2-4-12-8(10)11/h6,14H,1-5,9H2,(H4,10,11,12)/t6-/m1/s1. The topological polar surface area (TPSA) is 105 Å². The van der Waals surface area contributed by atoms with Gasteiger partial charge in [0.1, 0.15) is 0 Å². The van der Waals surface area contributed by atoms with Crippen molar-refractivity contribution in [3.63, 3.8) is 0 Å². The monoisotopic (exact) mass is 218 g/mol. The second-order valence-corrected chi connectivity index (χ2v) is 3.38. The number of nitrogens with one attached hydrogen (secondary N) is 2. The van der Waals surface area contributed by atoms with E-state index in [2.05, 4.69) is 17.9 Å². The average molecular weight is 218 g/mol. The third-order valence-corrected chi connectivity index (χ3v) is 2.14. The fourth-order valence-electron chi connectivity index (χ4n) is 0.991. The highest BCUT2D eigenvalue weighted by Gasteiger charge is 2.10. The normalized spacial score (nSPS) is 12.1. The Morgan fingerprint density at radius 3 is 2.64 bits per heavy atom. The van der Waals surface area contributed by atoms with Crippen LogP contribution in [0.4, 0.5) is 0 Å². The minimum absolute atomic E-state index is 0.0205. The van der Waals surface area contributed by atoms with E-state index < -0.39 is 6.04 Å². The Bertz CT molecular complexity index is 198. The maximum Gasteiger partial charge on any atom is 0.185 e. The van der Waals surface area contributed by atoms with Gasteiger partial charge in [-0.15, -0.1) is 0 Å². The molecular weight excluding hydrogens is 200 g/mol. The molecule has 0 aliphatic heterocycles. The lowest BCUT2D eigenvalue weighted by Gasteiger charge is -2.08. The average Bonchev–Trinajstić information content (AvgIpc) is 2.15. The quantitative estimate of drug-likeness (QED) is 0.171. The molecule has 6 N–H and O–H groups in total. The van der Waals surface area contributed by atoms with Gasteiger partial charge in [-0.25, -0.2) is 0 Å². The summed E-state index contributed by atoms with van der Waals surface area (Å²) in [6.07, 6.45) is 2.37. The molecule has 0 radical (unpaired) electrons. The SMILES string of the molecule is N=C(N)NCCCC[C@@H](N)C(=O)CS. The Balaban J connectivity index is 3.36. The van der Waals surface area contributed by atoms with Gasteiger partial charge < -0.3 is 16.8 Å². The molecule has 0 aliphatic carbocycles. The van der Waals surface area contributed by atoms with Gasteiger partial charge in [0.15, 0.2) is 11.7 Å². The van der Waals surface area contributed by atoms with E-state index in [1.165, 1.54) is 0 Å². The molecule has 0 heterocycles. The molecule has 0 fully saturated rings. The van der Waals surface area contributed by atoms with E-state index in [9.17, 15) is 4.79 Å². The lowest BCUT2D eigenvalue weighted by Crippen LogP contribution is -2.33. The van der Waals surface area contributed by atoms with Gasteiger partial charge in [0.25, 0.3) is 0 Å². The molecule has 0 unspecified atom stereocenters. The number of Topliss-reactive ketones (excluding diaryl/α,β-unsaturated/α-hetero) is 1. The summed E-state index contributed by atoms with van der Waals surface area (Å²) in [5, 5.41) is 9.57. The first-order valence-electron chi connectivity index (χ1n) is 4.55. The summed E-state index contributed by atoms with van der Waals surface area (Å²) in [5.41, 5.74) is 10.7. The van der Waals surface area contributed by atoms with Crippen LogP contribution in [0.2, 0.25) is 0 Å². The largest absolute Gasteiger partial charge is 0.370 e. The number of ketones is 1. The van der Waals surface area contributed by atoms with Crippen LogP contribution in [0.15, 0.2) is 0 Å². The third-order valence-electron chi connectivity index (χ3n) is 1.83. The number of rotatable bonds is 7. The number of thiol groups is 1. The van der Waals surface area contributed by atoms with Gasteiger partial charge in [-0.2, -0.15) is 12.6 Å². The molecule has 6 heteroatoms. The number of carbonyl (C=O) groups excluding carboxylic acids is 1. The number of carbonyl (C=O) groups is 1. The highest BCUT2D eigenvalue weighted by atomic mass is 32.1. The fourth-order valence-corrected chi connectivity index (χ4v) is 1.23. The fraction of sp³-hybridized carbons (Fsp3) is 0.750. The molecule has 0 saturated carbocycles. The number of hydrogen-bond donors (Lipinski definition) is 5. The molecule has 0 aliphatic rings. The van der Waals surface area contributed by atoms with Gasteiger partial charge in [0.05, 0.1) is 11.8 Å². The van der Waals surface area contributed by atoms with E-state index in [-0.39, 0.29) is 17.5 Å². The summed E-state index contributed by atoms with van der Waals surface area (Å²) in [4.78, 5) is 11.0. The van der Waals surface area contributed by atoms with E-state index in [0.29, 0.717) is 13.0 Å². The van der Waals surface area contributed by atoms with E-state index in [0.717, 1.165) is 12.8 Å². The molecule has 0 saturated heterocycles. The highest BCUT2D eigenvalue weighted by molar-refractivity contribution is 7.81. The summed E-state index contributed by atoms with van der Waals surface area (Å²) in [5.74, 6) is 0.154.